The zero-order valence-electron chi connectivity index (χ0n) is 26.5. The molecule has 0 aromatic rings. The molecular formula is C24H34N7NaO13S2. The largest absolute Gasteiger partial charge is 1.00 e. The van der Waals surface area contributed by atoms with E-state index in [1.54, 1.807) is 0 Å². The minimum atomic E-state index is -1.25. The molecule has 0 aliphatic heterocycles. The second-order valence-electron chi connectivity index (χ2n) is 8.81. The zero-order chi connectivity index (χ0) is 35.4. The molecular weight excluding hydrogens is 681 g/mol. The van der Waals surface area contributed by atoms with Crippen molar-refractivity contribution in [2.75, 3.05) is 39.3 Å². The van der Waals surface area contributed by atoms with Gasteiger partial charge in [-0.2, -0.15) is 25.3 Å². The Balaban J connectivity index is -0.0000101. The third-order valence-electron chi connectivity index (χ3n) is 4.89. The van der Waals surface area contributed by atoms with Crippen molar-refractivity contribution in [1.82, 2.24) is 31.9 Å². The topological polar surface area (TPSA) is 302 Å². The summed E-state index contributed by atoms with van der Waals surface area (Å²) in [6.07, 6.45) is -1.04. The first-order valence-corrected chi connectivity index (χ1v) is 14.0. The van der Waals surface area contributed by atoms with E-state index < -0.39 is 133 Å². The molecule has 23 heteroatoms. The summed E-state index contributed by atoms with van der Waals surface area (Å²) in [6.45, 7) is -1.44. The van der Waals surface area contributed by atoms with Gasteiger partial charge in [-0.15, -0.1) is 0 Å². The molecule has 0 aromatic heterocycles. The standard InChI is InChI=1S/C24H33N7O13S2.Na.H/c1-11(32)21(45)23(41)30-7-16(36)26-5-14(34)28-9-19(39)43-13(25)3-4-18(38)44-20(40)10-29-15(35)6-27-17(37)8-31-24(42)22(46)12(2)33;;/h21-22,25,45-46H,3-10H2,1-2H3,(H,26,36)(H,27,37)(H,28,34)(H,29,35)(H,30,41)(H,31,42);;/q;+1;-1/t21-,22-;;/m0../s1. The van der Waals surface area contributed by atoms with Gasteiger partial charge in [0.15, 0.2) is 17.5 Å². The van der Waals surface area contributed by atoms with Crippen LogP contribution in [0, 0.1) is 5.41 Å². The van der Waals surface area contributed by atoms with E-state index in [0.29, 0.717) is 0 Å². The van der Waals surface area contributed by atoms with Crippen LogP contribution in [0.1, 0.15) is 28.1 Å². The molecule has 0 fully saturated rings. The molecule has 0 rings (SSSR count). The van der Waals surface area contributed by atoms with Crippen molar-refractivity contribution in [3.8, 4) is 0 Å². The minimum absolute atomic E-state index is 0. The van der Waals surface area contributed by atoms with Gasteiger partial charge in [0.1, 0.15) is 23.6 Å². The quantitative estimate of drug-likeness (QED) is 0.0150. The van der Waals surface area contributed by atoms with Gasteiger partial charge in [0.05, 0.1) is 32.6 Å². The van der Waals surface area contributed by atoms with Gasteiger partial charge in [-0.3, -0.25) is 48.6 Å². The Kier molecular flexibility index (Phi) is 23.4. The molecule has 0 saturated carbocycles. The Labute approximate surface area is 301 Å². The molecule has 2 atom stereocenters. The SMILES string of the molecule is CC(=O)[C@H](S)C(=O)NCC(=O)NCC(=O)NCC(=O)OC(=N)CCC(=O)OC(=O)CNC(=O)CNC(=O)CNC(=O)[C@@H](S)C(C)=O.[H-].[Na+]. The smallest absolute Gasteiger partial charge is 1.00 e. The van der Waals surface area contributed by atoms with E-state index in [0.717, 1.165) is 13.8 Å². The number of thiol groups is 2. The van der Waals surface area contributed by atoms with Crippen LogP contribution in [0.3, 0.4) is 0 Å². The Bertz CT molecular complexity index is 1180. The Morgan fingerprint density at radius 2 is 0.851 bits per heavy atom. The first-order valence-electron chi connectivity index (χ1n) is 12.9. The van der Waals surface area contributed by atoms with Crippen LogP contribution in [0.4, 0.5) is 0 Å². The molecule has 0 radical (unpaired) electrons. The van der Waals surface area contributed by atoms with Crippen LogP contribution in [0.5, 0.6) is 0 Å². The number of ether oxygens (including phenoxy) is 2. The number of amides is 6. The van der Waals surface area contributed by atoms with Crippen molar-refractivity contribution in [2.24, 2.45) is 0 Å². The monoisotopic (exact) mass is 715 g/mol. The van der Waals surface area contributed by atoms with E-state index in [2.05, 4.69) is 66.6 Å². The maximum Gasteiger partial charge on any atom is 1.00 e. The molecule has 0 aliphatic carbocycles. The Hall–Kier alpha value is -3.86. The van der Waals surface area contributed by atoms with Gasteiger partial charge in [-0.1, -0.05) is 0 Å². The van der Waals surface area contributed by atoms with Gasteiger partial charge < -0.3 is 42.8 Å². The van der Waals surface area contributed by atoms with Crippen LogP contribution in [0.15, 0.2) is 0 Å². The number of ketones is 2. The van der Waals surface area contributed by atoms with Gasteiger partial charge in [-0.05, 0) is 13.8 Å². The van der Waals surface area contributed by atoms with E-state index in [-0.39, 0.29) is 31.0 Å². The summed E-state index contributed by atoms with van der Waals surface area (Å²) in [4.78, 5) is 127. The van der Waals surface area contributed by atoms with Crippen molar-refractivity contribution in [2.45, 2.75) is 37.2 Å². The van der Waals surface area contributed by atoms with E-state index in [1.807, 2.05) is 0 Å². The van der Waals surface area contributed by atoms with E-state index >= 15 is 0 Å². The maximum absolute atomic E-state index is 11.8. The van der Waals surface area contributed by atoms with E-state index in [4.69, 9.17) is 5.41 Å². The van der Waals surface area contributed by atoms with E-state index in [1.165, 1.54) is 0 Å². The molecule has 0 spiro atoms. The summed E-state index contributed by atoms with van der Waals surface area (Å²) in [5, 5.41) is 17.8. The molecule has 6 amide bonds. The van der Waals surface area contributed by atoms with Crippen molar-refractivity contribution < 1.29 is 93.2 Å². The van der Waals surface area contributed by atoms with Crippen molar-refractivity contribution in [3.63, 3.8) is 0 Å². The fourth-order valence-electron chi connectivity index (χ4n) is 2.50. The van der Waals surface area contributed by atoms with Crippen LogP contribution >= 0.6 is 25.3 Å². The summed E-state index contributed by atoms with van der Waals surface area (Å²) < 4.78 is 9.03. The van der Waals surface area contributed by atoms with Gasteiger partial charge in [0.2, 0.25) is 35.4 Å². The predicted molar refractivity (Wildman–Crippen MR) is 160 cm³/mol. The number of nitrogens with one attached hydrogen (secondary N) is 7. The van der Waals surface area contributed by atoms with Gasteiger partial charge in [0, 0.05) is 6.42 Å². The Morgan fingerprint density at radius 3 is 1.21 bits per heavy atom. The van der Waals surface area contributed by atoms with Crippen molar-refractivity contribution in [3.05, 3.63) is 0 Å². The van der Waals surface area contributed by atoms with Crippen molar-refractivity contribution in [1.29, 1.82) is 5.41 Å². The number of carbonyl (C=O) groups excluding carboxylic acids is 11. The summed E-state index contributed by atoms with van der Waals surface area (Å²) >= 11 is 7.52. The predicted octanol–water partition coefficient (Wildman–Crippen LogP) is -8.05. The van der Waals surface area contributed by atoms with Crippen molar-refractivity contribution >= 4 is 96.1 Å². The molecule has 256 valence electrons. The summed E-state index contributed by atoms with van der Waals surface area (Å²) in [5.41, 5.74) is 0. The molecule has 0 bridgehead atoms. The number of rotatable bonds is 19. The second kappa shape index (κ2) is 24.3. The normalized spacial score (nSPS) is 11.1. The number of carbonyl (C=O) groups is 11. The third kappa shape index (κ3) is 22.3. The molecule has 0 heterocycles. The summed E-state index contributed by atoms with van der Waals surface area (Å²) in [7, 11) is 0. The average Bonchev–Trinajstić information content (AvgIpc) is 2.99. The van der Waals surface area contributed by atoms with Gasteiger partial charge >= 0.3 is 47.5 Å². The molecule has 0 unspecified atom stereocenters. The first kappa shape index (κ1) is 45.3. The minimum Gasteiger partial charge on any atom is -1.00 e. The van der Waals surface area contributed by atoms with Crippen LogP contribution in [0.25, 0.3) is 0 Å². The van der Waals surface area contributed by atoms with Crippen LogP contribution in [0.2, 0.25) is 0 Å². The molecule has 0 aliphatic rings. The Morgan fingerprint density at radius 1 is 0.532 bits per heavy atom. The first-order chi connectivity index (χ1) is 21.4. The molecule has 20 nitrogen and oxygen atoms in total. The molecule has 0 saturated heterocycles. The zero-order valence-corrected chi connectivity index (χ0v) is 29.3. The number of hydrogen-bond donors (Lipinski definition) is 9. The second-order valence-corrected chi connectivity index (χ2v) is 9.85. The van der Waals surface area contributed by atoms with Gasteiger partial charge in [0.25, 0.3) is 0 Å². The fourth-order valence-corrected chi connectivity index (χ4v) is 2.68. The average molecular weight is 716 g/mol. The molecule has 0 aromatic carbocycles. The van der Waals surface area contributed by atoms with Crippen LogP contribution in [-0.2, 0) is 62.2 Å². The van der Waals surface area contributed by atoms with Crippen LogP contribution in [-0.4, -0.2) is 121 Å². The third-order valence-corrected chi connectivity index (χ3v) is 6.08. The summed E-state index contributed by atoms with van der Waals surface area (Å²) in [6, 6.07) is 0. The molecule has 47 heavy (non-hydrogen) atoms. The number of Topliss-reactive ketones (excluding diaryl/α,β-unsaturated/α-hetero) is 2. The summed E-state index contributed by atoms with van der Waals surface area (Å²) in [5.74, 6) is -9.97. The number of hydrogen-bond acceptors (Lipinski definition) is 16. The van der Waals surface area contributed by atoms with Gasteiger partial charge in [-0.25, -0.2) is 9.59 Å². The number of esters is 3. The van der Waals surface area contributed by atoms with Crippen LogP contribution < -0.4 is 61.5 Å². The fraction of sp³-hybridized carbons (Fsp3) is 0.500. The maximum atomic E-state index is 11.8. The van der Waals surface area contributed by atoms with E-state index in [9.17, 15) is 52.7 Å². The molecule has 7 N–H and O–H groups in total.